The lowest BCUT2D eigenvalue weighted by Crippen LogP contribution is -2.53. The van der Waals surface area contributed by atoms with Crippen LogP contribution < -0.4 is 5.73 Å². The van der Waals surface area contributed by atoms with Gasteiger partial charge in [0.05, 0.1) is 6.54 Å². The second-order valence-corrected chi connectivity index (χ2v) is 5.36. The highest BCUT2D eigenvalue weighted by Crippen LogP contribution is 2.39. The number of hydrogen-bond acceptors (Lipinski definition) is 3. The largest absolute Gasteiger partial charge is 0.480 e. The number of nitrogens with zero attached hydrogens (tertiary/aromatic N) is 2. The van der Waals surface area contributed by atoms with Crippen molar-refractivity contribution in [3.05, 3.63) is 42.7 Å². The van der Waals surface area contributed by atoms with Crippen molar-refractivity contribution >= 4 is 5.97 Å². The fourth-order valence-electron chi connectivity index (χ4n) is 2.54. The average molecular weight is 271 g/mol. The molecule has 2 aromatic rings. The molecule has 1 saturated carbocycles. The van der Waals surface area contributed by atoms with E-state index in [4.69, 9.17) is 5.73 Å². The van der Waals surface area contributed by atoms with E-state index in [9.17, 15) is 9.90 Å². The van der Waals surface area contributed by atoms with Crippen LogP contribution in [-0.4, -0.2) is 26.2 Å². The molecule has 0 radical (unpaired) electrons. The van der Waals surface area contributed by atoms with E-state index in [-0.39, 0.29) is 12.5 Å². The zero-order valence-electron chi connectivity index (χ0n) is 11.1. The Balaban J connectivity index is 1.92. The van der Waals surface area contributed by atoms with E-state index in [2.05, 4.69) is 4.98 Å². The maximum absolute atomic E-state index is 11.5. The molecule has 1 aromatic heterocycles. The van der Waals surface area contributed by atoms with Gasteiger partial charge in [0.15, 0.2) is 0 Å². The van der Waals surface area contributed by atoms with Gasteiger partial charge in [-0.05, 0) is 18.8 Å². The molecule has 20 heavy (non-hydrogen) atoms. The second kappa shape index (κ2) is 4.76. The number of nitrogens with two attached hydrogens (primary N) is 1. The molecule has 1 fully saturated rings. The van der Waals surface area contributed by atoms with Crippen molar-refractivity contribution in [3.63, 3.8) is 0 Å². The maximum Gasteiger partial charge on any atom is 0.325 e. The lowest BCUT2D eigenvalue weighted by molar-refractivity contribution is -0.144. The smallest absolute Gasteiger partial charge is 0.325 e. The molecular formula is C15H17N3O2. The Morgan fingerprint density at radius 1 is 1.40 bits per heavy atom. The third-order valence-corrected chi connectivity index (χ3v) is 3.88. The van der Waals surface area contributed by atoms with Crippen molar-refractivity contribution in [1.82, 2.24) is 9.55 Å². The normalized spacial score (nSPS) is 17.6. The van der Waals surface area contributed by atoms with Crippen molar-refractivity contribution in [2.45, 2.75) is 24.9 Å². The summed E-state index contributed by atoms with van der Waals surface area (Å²) in [5.41, 5.74) is 5.89. The van der Waals surface area contributed by atoms with Crippen molar-refractivity contribution in [2.75, 3.05) is 0 Å². The fraction of sp³-hybridized carbons (Fsp3) is 0.333. The van der Waals surface area contributed by atoms with Gasteiger partial charge in [0.2, 0.25) is 0 Å². The summed E-state index contributed by atoms with van der Waals surface area (Å²) >= 11 is 0. The number of hydrogen-bond donors (Lipinski definition) is 2. The van der Waals surface area contributed by atoms with Gasteiger partial charge in [-0.1, -0.05) is 30.3 Å². The summed E-state index contributed by atoms with van der Waals surface area (Å²) in [5.74, 6) is -0.124. The molecule has 3 N–H and O–H groups in total. The van der Waals surface area contributed by atoms with Crippen LogP contribution in [0.3, 0.4) is 0 Å². The number of benzene rings is 1. The van der Waals surface area contributed by atoms with Crippen LogP contribution in [0.25, 0.3) is 11.4 Å². The average Bonchev–Trinajstić information content (AvgIpc) is 3.21. The second-order valence-electron chi connectivity index (χ2n) is 5.36. The molecule has 1 atom stereocenters. The van der Waals surface area contributed by atoms with E-state index in [1.54, 1.807) is 12.4 Å². The van der Waals surface area contributed by atoms with Crippen LogP contribution in [0.2, 0.25) is 0 Å². The topological polar surface area (TPSA) is 81.1 Å². The van der Waals surface area contributed by atoms with Crippen LogP contribution in [0, 0.1) is 5.92 Å². The number of rotatable bonds is 5. The first-order valence-corrected chi connectivity index (χ1v) is 6.70. The number of aliphatic carboxylic acids is 1. The van der Waals surface area contributed by atoms with Gasteiger partial charge >= 0.3 is 5.97 Å². The number of carboxylic acid groups (broad SMARTS) is 1. The van der Waals surface area contributed by atoms with Crippen molar-refractivity contribution in [3.8, 4) is 11.4 Å². The Kier molecular flexibility index (Phi) is 3.06. The van der Waals surface area contributed by atoms with E-state index in [1.165, 1.54) is 0 Å². The summed E-state index contributed by atoms with van der Waals surface area (Å²) in [7, 11) is 0. The number of carbonyl (C=O) groups is 1. The van der Waals surface area contributed by atoms with E-state index in [0.29, 0.717) is 0 Å². The molecular weight excluding hydrogens is 254 g/mol. The third kappa shape index (κ3) is 2.20. The van der Waals surface area contributed by atoms with Crippen LogP contribution in [0.4, 0.5) is 0 Å². The zero-order valence-corrected chi connectivity index (χ0v) is 11.1. The molecule has 1 aliphatic rings. The molecule has 0 bridgehead atoms. The highest BCUT2D eigenvalue weighted by Gasteiger charge is 2.48. The molecule has 1 aromatic carbocycles. The molecule has 1 heterocycles. The summed E-state index contributed by atoms with van der Waals surface area (Å²) in [4.78, 5) is 15.8. The van der Waals surface area contributed by atoms with E-state index < -0.39 is 11.5 Å². The molecule has 104 valence electrons. The van der Waals surface area contributed by atoms with E-state index in [0.717, 1.165) is 24.2 Å². The quantitative estimate of drug-likeness (QED) is 0.868. The van der Waals surface area contributed by atoms with Gasteiger partial charge in [-0.3, -0.25) is 4.79 Å². The van der Waals surface area contributed by atoms with E-state index in [1.807, 2.05) is 34.9 Å². The van der Waals surface area contributed by atoms with Crippen LogP contribution >= 0.6 is 0 Å². The SMILES string of the molecule is NC(Cn1ccnc1-c1ccccc1)(C(=O)O)C1CC1. The molecule has 0 saturated heterocycles. The zero-order chi connectivity index (χ0) is 14.2. The maximum atomic E-state index is 11.5. The summed E-state index contributed by atoms with van der Waals surface area (Å²) in [6.45, 7) is 0.247. The lowest BCUT2D eigenvalue weighted by Gasteiger charge is -2.25. The number of aromatic nitrogens is 2. The molecule has 5 nitrogen and oxygen atoms in total. The van der Waals surface area contributed by atoms with Crippen LogP contribution in [0.1, 0.15) is 12.8 Å². The summed E-state index contributed by atoms with van der Waals surface area (Å²) in [5, 5.41) is 9.44. The third-order valence-electron chi connectivity index (χ3n) is 3.88. The van der Waals surface area contributed by atoms with E-state index >= 15 is 0 Å². The number of imidazole rings is 1. The van der Waals surface area contributed by atoms with Gasteiger partial charge in [0.25, 0.3) is 0 Å². The first-order valence-electron chi connectivity index (χ1n) is 6.70. The lowest BCUT2D eigenvalue weighted by atomic mass is 9.94. The van der Waals surface area contributed by atoms with Crippen LogP contribution in [-0.2, 0) is 11.3 Å². The molecule has 1 aliphatic carbocycles. The summed E-state index contributed by atoms with van der Waals surface area (Å²) < 4.78 is 1.84. The van der Waals surface area contributed by atoms with Gasteiger partial charge in [-0.25, -0.2) is 4.98 Å². The minimum Gasteiger partial charge on any atom is -0.480 e. The Morgan fingerprint density at radius 2 is 2.10 bits per heavy atom. The molecule has 0 amide bonds. The summed E-state index contributed by atoms with van der Waals surface area (Å²) in [6.07, 6.45) is 5.24. The van der Waals surface area contributed by atoms with Gasteiger partial charge in [0, 0.05) is 18.0 Å². The highest BCUT2D eigenvalue weighted by molar-refractivity contribution is 5.79. The summed E-state index contributed by atoms with van der Waals surface area (Å²) in [6, 6.07) is 9.71. The fourth-order valence-corrected chi connectivity index (χ4v) is 2.54. The van der Waals surface area contributed by atoms with Crippen LogP contribution in [0.15, 0.2) is 42.7 Å². The first-order chi connectivity index (χ1) is 9.61. The molecule has 5 heteroatoms. The Hall–Kier alpha value is -2.14. The van der Waals surface area contributed by atoms with Crippen molar-refractivity contribution < 1.29 is 9.90 Å². The minimum absolute atomic E-state index is 0.0611. The van der Waals surface area contributed by atoms with Crippen molar-refractivity contribution in [2.24, 2.45) is 11.7 Å². The molecule has 0 aliphatic heterocycles. The van der Waals surface area contributed by atoms with Crippen LogP contribution in [0.5, 0.6) is 0 Å². The molecule has 3 rings (SSSR count). The van der Waals surface area contributed by atoms with Gasteiger partial charge < -0.3 is 15.4 Å². The Morgan fingerprint density at radius 3 is 2.70 bits per heavy atom. The number of carboxylic acids is 1. The Labute approximate surface area is 117 Å². The first kappa shape index (κ1) is 12.9. The van der Waals surface area contributed by atoms with Gasteiger partial charge in [0.1, 0.15) is 11.4 Å². The predicted octanol–water partition coefficient (Wildman–Crippen LogP) is 1.74. The minimum atomic E-state index is -1.20. The van der Waals surface area contributed by atoms with Crippen molar-refractivity contribution in [1.29, 1.82) is 0 Å². The standard InChI is InChI=1S/C15H17N3O2/c16-15(14(19)20,12-6-7-12)10-18-9-8-17-13(18)11-4-2-1-3-5-11/h1-5,8-9,12H,6-7,10,16H2,(H,19,20). The predicted molar refractivity (Wildman–Crippen MR) is 74.9 cm³/mol. The van der Waals surface area contributed by atoms with Gasteiger partial charge in [-0.15, -0.1) is 0 Å². The van der Waals surface area contributed by atoms with Gasteiger partial charge in [-0.2, -0.15) is 0 Å². The monoisotopic (exact) mass is 271 g/mol. The Bertz CT molecular complexity index is 619. The highest BCUT2D eigenvalue weighted by atomic mass is 16.4. The molecule has 0 spiro atoms. The molecule has 1 unspecified atom stereocenters.